The van der Waals surface area contributed by atoms with Crippen molar-refractivity contribution in [2.75, 3.05) is 0 Å². The van der Waals surface area contributed by atoms with E-state index in [2.05, 4.69) is 23.9 Å². The minimum absolute atomic E-state index is 0.371. The van der Waals surface area contributed by atoms with Gasteiger partial charge in [0.15, 0.2) is 5.82 Å². The van der Waals surface area contributed by atoms with Crippen molar-refractivity contribution in [3.05, 3.63) is 11.6 Å². The number of rotatable bonds is 2. The van der Waals surface area contributed by atoms with Crippen molar-refractivity contribution in [2.45, 2.75) is 45.4 Å². The van der Waals surface area contributed by atoms with Crippen molar-refractivity contribution in [3.8, 4) is 0 Å². The Bertz CT molecular complexity index is 377. The van der Waals surface area contributed by atoms with Crippen LogP contribution in [0.2, 0.25) is 0 Å². The average molecular weight is 205 g/mol. The van der Waals surface area contributed by atoms with Crippen molar-refractivity contribution in [1.29, 1.82) is 0 Å². The summed E-state index contributed by atoms with van der Waals surface area (Å²) in [5, 5.41) is 4.54. The maximum Gasteiger partial charge on any atom is 0.157 e. The van der Waals surface area contributed by atoms with Crippen LogP contribution in [0.3, 0.4) is 0 Å². The zero-order valence-electron chi connectivity index (χ0n) is 10.0. The van der Waals surface area contributed by atoms with Gasteiger partial charge in [-0.2, -0.15) is 5.10 Å². The molecule has 0 radical (unpaired) electrons. The molecule has 2 bridgehead atoms. The first-order valence-corrected chi connectivity index (χ1v) is 5.86. The van der Waals surface area contributed by atoms with E-state index in [1.165, 1.54) is 19.3 Å². The van der Waals surface area contributed by atoms with E-state index >= 15 is 0 Å². The molecule has 0 aliphatic heterocycles. The lowest BCUT2D eigenvalue weighted by molar-refractivity contribution is -0.176. The van der Waals surface area contributed by atoms with E-state index in [1.54, 1.807) is 0 Å². The highest BCUT2D eigenvalue weighted by molar-refractivity contribution is 5.31. The Morgan fingerprint density at radius 1 is 1.27 bits per heavy atom. The molecule has 3 aliphatic carbocycles. The first-order chi connectivity index (χ1) is 6.97. The molecule has 15 heavy (non-hydrogen) atoms. The molecule has 3 nitrogen and oxygen atoms in total. The lowest BCUT2D eigenvalue weighted by atomic mass is 9.32. The Labute approximate surface area is 90.9 Å². The average Bonchev–Trinajstić information content (AvgIpc) is 2.25. The van der Waals surface area contributed by atoms with Gasteiger partial charge in [0, 0.05) is 12.5 Å². The first kappa shape index (κ1) is 9.37. The van der Waals surface area contributed by atoms with Gasteiger partial charge in [0.05, 0.1) is 0 Å². The molecule has 0 atom stereocenters. The number of aromatic nitrogens is 3. The summed E-state index contributed by atoms with van der Waals surface area (Å²) in [5.74, 6) is 2.96. The van der Waals surface area contributed by atoms with E-state index in [0.717, 1.165) is 17.6 Å². The standard InChI is InChI=1S/C12H19N3/c1-8(2)11-5-12(6-11,7-11)10-13-9(3)15(4)14-10/h8H,5-7H2,1-4H3. The van der Waals surface area contributed by atoms with E-state index in [1.807, 2.05) is 18.7 Å². The van der Waals surface area contributed by atoms with Crippen molar-refractivity contribution in [2.24, 2.45) is 18.4 Å². The molecule has 0 amide bonds. The molecule has 1 heterocycles. The van der Waals surface area contributed by atoms with Crippen LogP contribution in [0.5, 0.6) is 0 Å². The van der Waals surface area contributed by atoms with Crippen LogP contribution in [-0.4, -0.2) is 14.8 Å². The van der Waals surface area contributed by atoms with Gasteiger partial charge in [-0.1, -0.05) is 13.8 Å². The summed E-state index contributed by atoms with van der Waals surface area (Å²) in [5.41, 5.74) is 1.02. The molecule has 3 aliphatic rings. The van der Waals surface area contributed by atoms with Crippen LogP contribution in [0.25, 0.3) is 0 Å². The third kappa shape index (κ3) is 0.963. The minimum Gasteiger partial charge on any atom is -0.253 e. The highest BCUT2D eigenvalue weighted by Crippen LogP contribution is 2.75. The summed E-state index contributed by atoms with van der Waals surface area (Å²) in [6.07, 6.45) is 3.96. The van der Waals surface area contributed by atoms with Gasteiger partial charge in [-0.15, -0.1) is 0 Å². The highest BCUT2D eigenvalue weighted by Gasteiger charge is 2.70. The fourth-order valence-electron chi connectivity index (χ4n) is 3.40. The van der Waals surface area contributed by atoms with Crippen LogP contribution in [0.1, 0.15) is 44.8 Å². The van der Waals surface area contributed by atoms with E-state index < -0.39 is 0 Å². The zero-order valence-corrected chi connectivity index (χ0v) is 10.0. The summed E-state index contributed by atoms with van der Waals surface area (Å²) in [6, 6.07) is 0. The van der Waals surface area contributed by atoms with E-state index in [4.69, 9.17) is 0 Å². The van der Waals surface area contributed by atoms with E-state index in [0.29, 0.717) is 10.8 Å². The molecule has 3 saturated carbocycles. The van der Waals surface area contributed by atoms with Crippen LogP contribution in [-0.2, 0) is 12.5 Å². The van der Waals surface area contributed by atoms with E-state index in [-0.39, 0.29) is 0 Å². The second kappa shape index (κ2) is 2.45. The van der Waals surface area contributed by atoms with Gasteiger partial charge in [-0.25, -0.2) is 4.98 Å². The number of hydrogen-bond acceptors (Lipinski definition) is 2. The van der Waals surface area contributed by atoms with Gasteiger partial charge in [-0.05, 0) is 37.5 Å². The molecular formula is C12H19N3. The lowest BCUT2D eigenvalue weighted by Crippen LogP contribution is -2.67. The Kier molecular flexibility index (Phi) is 1.53. The third-order valence-corrected chi connectivity index (χ3v) is 4.75. The molecule has 1 aromatic heterocycles. The molecule has 0 unspecified atom stereocenters. The Morgan fingerprint density at radius 3 is 2.27 bits per heavy atom. The summed E-state index contributed by atoms with van der Waals surface area (Å²) in [4.78, 5) is 4.58. The van der Waals surface area contributed by atoms with Crippen LogP contribution in [0.15, 0.2) is 0 Å². The second-order valence-corrected chi connectivity index (χ2v) is 5.93. The normalized spacial score (nSPS) is 37.7. The van der Waals surface area contributed by atoms with Gasteiger partial charge >= 0.3 is 0 Å². The molecular weight excluding hydrogens is 186 g/mol. The molecule has 0 N–H and O–H groups in total. The topological polar surface area (TPSA) is 30.7 Å². The van der Waals surface area contributed by atoms with Crippen molar-refractivity contribution in [3.63, 3.8) is 0 Å². The molecule has 4 rings (SSSR count). The monoisotopic (exact) mass is 205 g/mol. The van der Waals surface area contributed by atoms with Crippen LogP contribution in [0.4, 0.5) is 0 Å². The number of hydrogen-bond donors (Lipinski definition) is 0. The van der Waals surface area contributed by atoms with Crippen LogP contribution < -0.4 is 0 Å². The zero-order chi connectivity index (χ0) is 10.8. The van der Waals surface area contributed by atoms with Crippen LogP contribution in [0, 0.1) is 18.3 Å². The Hall–Kier alpha value is -0.860. The second-order valence-electron chi connectivity index (χ2n) is 5.93. The van der Waals surface area contributed by atoms with Gasteiger partial charge < -0.3 is 0 Å². The largest absolute Gasteiger partial charge is 0.253 e. The van der Waals surface area contributed by atoms with Gasteiger partial charge in [0.2, 0.25) is 0 Å². The first-order valence-electron chi connectivity index (χ1n) is 5.86. The molecule has 0 saturated heterocycles. The number of nitrogens with zero attached hydrogens (tertiary/aromatic N) is 3. The van der Waals surface area contributed by atoms with Crippen LogP contribution >= 0.6 is 0 Å². The minimum atomic E-state index is 0.371. The fraction of sp³-hybridized carbons (Fsp3) is 0.833. The maximum atomic E-state index is 4.58. The molecule has 3 fully saturated rings. The lowest BCUT2D eigenvalue weighted by Gasteiger charge is -2.71. The highest BCUT2D eigenvalue weighted by atomic mass is 15.3. The summed E-state index contributed by atoms with van der Waals surface area (Å²) >= 11 is 0. The molecule has 82 valence electrons. The fourth-order valence-corrected chi connectivity index (χ4v) is 3.40. The predicted molar refractivity (Wildman–Crippen MR) is 58.5 cm³/mol. The van der Waals surface area contributed by atoms with Gasteiger partial charge in [0.1, 0.15) is 5.82 Å². The van der Waals surface area contributed by atoms with Crippen molar-refractivity contribution in [1.82, 2.24) is 14.8 Å². The summed E-state index contributed by atoms with van der Waals surface area (Å²) in [7, 11) is 1.98. The summed E-state index contributed by atoms with van der Waals surface area (Å²) < 4.78 is 1.90. The van der Waals surface area contributed by atoms with E-state index in [9.17, 15) is 0 Å². The molecule has 0 aromatic carbocycles. The molecule has 3 heteroatoms. The smallest absolute Gasteiger partial charge is 0.157 e. The number of aryl methyl sites for hydroxylation is 2. The summed E-state index contributed by atoms with van der Waals surface area (Å²) in [6.45, 7) is 6.72. The SMILES string of the molecule is Cc1nc(C23CC(C(C)C)(C2)C3)nn1C. The maximum absolute atomic E-state index is 4.58. The van der Waals surface area contributed by atoms with Crippen molar-refractivity contribution >= 4 is 0 Å². The third-order valence-electron chi connectivity index (χ3n) is 4.75. The molecule has 0 spiro atoms. The van der Waals surface area contributed by atoms with Crippen molar-refractivity contribution < 1.29 is 0 Å². The predicted octanol–water partition coefficient (Wildman–Crippen LogP) is 2.20. The van der Waals surface area contributed by atoms with Gasteiger partial charge in [0.25, 0.3) is 0 Å². The van der Waals surface area contributed by atoms with Gasteiger partial charge in [-0.3, -0.25) is 4.68 Å². The molecule has 1 aromatic rings. The Morgan fingerprint density at radius 2 is 1.87 bits per heavy atom. The Balaban J connectivity index is 1.83. The quantitative estimate of drug-likeness (QED) is 0.741.